The topological polar surface area (TPSA) is 22.0 Å². The van der Waals surface area contributed by atoms with Crippen molar-refractivity contribution in [1.29, 1.82) is 0 Å². The summed E-state index contributed by atoms with van der Waals surface area (Å²) in [4.78, 5) is 12.1. The van der Waals surface area contributed by atoms with Crippen LogP contribution in [0.2, 0.25) is 0 Å². The Morgan fingerprint density at radius 1 is 1.44 bits per heavy atom. The highest BCUT2D eigenvalue weighted by atomic mass is 79.9. The summed E-state index contributed by atoms with van der Waals surface area (Å²) in [6, 6.07) is 5.76. The van der Waals surface area contributed by atoms with Crippen LogP contribution < -0.4 is 5.43 Å². The summed E-state index contributed by atoms with van der Waals surface area (Å²) in [5.41, 5.74) is 1.98. The Labute approximate surface area is 107 Å². The zero-order valence-electron chi connectivity index (χ0n) is 9.16. The van der Waals surface area contributed by atoms with Gasteiger partial charge >= 0.3 is 0 Å². The first kappa shape index (κ1) is 11.7. The molecule has 2 rings (SSSR count). The number of benzene rings is 1. The maximum atomic E-state index is 12.1. The van der Waals surface area contributed by atoms with Crippen LogP contribution in [0.3, 0.4) is 0 Å². The molecule has 84 valence electrons. The Kier molecular flexibility index (Phi) is 3.40. The van der Waals surface area contributed by atoms with E-state index < -0.39 is 0 Å². The molecule has 0 saturated heterocycles. The van der Waals surface area contributed by atoms with E-state index in [1.54, 1.807) is 11.8 Å². The quantitative estimate of drug-likeness (QED) is 0.849. The zero-order valence-corrected chi connectivity index (χ0v) is 11.6. The first-order valence-electron chi connectivity index (χ1n) is 4.90. The summed E-state index contributed by atoms with van der Waals surface area (Å²) >= 11 is 5.09. The fraction of sp³-hybridized carbons (Fsp3) is 0.250. The molecule has 16 heavy (non-hydrogen) atoms. The van der Waals surface area contributed by atoms with Crippen LogP contribution in [0.15, 0.2) is 33.7 Å². The highest BCUT2D eigenvalue weighted by molar-refractivity contribution is 9.10. The lowest BCUT2D eigenvalue weighted by molar-refractivity contribution is 0.936. The second-order valence-electron chi connectivity index (χ2n) is 3.69. The summed E-state index contributed by atoms with van der Waals surface area (Å²) < 4.78 is 3.00. The molecule has 0 aliphatic carbocycles. The van der Waals surface area contributed by atoms with Gasteiger partial charge in [-0.05, 0) is 24.5 Å². The van der Waals surface area contributed by atoms with Gasteiger partial charge in [0.2, 0.25) is 0 Å². The predicted octanol–water partition coefficient (Wildman–Crippen LogP) is 3.16. The lowest BCUT2D eigenvalue weighted by atomic mass is 10.1. The Morgan fingerprint density at radius 2 is 2.19 bits per heavy atom. The minimum atomic E-state index is 0.148. The van der Waals surface area contributed by atoms with E-state index in [1.165, 1.54) is 0 Å². The van der Waals surface area contributed by atoms with Gasteiger partial charge in [0, 0.05) is 34.4 Å². The van der Waals surface area contributed by atoms with Crippen LogP contribution >= 0.6 is 27.7 Å². The number of halogens is 1. The lowest BCUT2D eigenvalue weighted by Crippen LogP contribution is -2.12. The van der Waals surface area contributed by atoms with E-state index in [0.29, 0.717) is 0 Å². The standard InChI is InChI=1S/C12H12BrNOS/c1-14-6-8(7-16-2)12(15)10-4-3-9(13)5-11(10)14/h3-6H,7H2,1-2H3. The fourth-order valence-corrected chi connectivity index (χ4v) is 2.65. The summed E-state index contributed by atoms with van der Waals surface area (Å²) in [7, 11) is 1.97. The maximum Gasteiger partial charge on any atom is 0.193 e. The summed E-state index contributed by atoms with van der Waals surface area (Å²) in [6.07, 6.45) is 3.93. The molecule has 0 amide bonds. The number of hydrogen-bond donors (Lipinski definition) is 0. The summed E-state index contributed by atoms with van der Waals surface area (Å²) in [5.74, 6) is 0.763. The molecule has 0 saturated carbocycles. The molecule has 0 N–H and O–H groups in total. The number of hydrogen-bond acceptors (Lipinski definition) is 2. The largest absolute Gasteiger partial charge is 0.350 e. The molecule has 1 heterocycles. The van der Waals surface area contributed by atoms with Crippen LogP contribution in [0.25, 0.3) is 10.9 Å². The van der Waals surface area contributed by atoms with Crippen molar-refractivity contribution >= 4 is 38.6 Å². The van der Waals surface area contributed by atoms with E-state index in [2.05, 4.69) is 15.9 Å². The molecule has 1 aromatic carbocycles. The third-order valence-electron chi connectivity index (χ3n) is 2.53. The van der Waals surface area contributed by atoms with Crippen LogP contribution in [0.5, 0.6) is 0 Å². The van der Waals surface area contributed by atoms with Gasteiger partial charge < -0.3 is 4.57 Å². The van der Waals surface area contributed by atoms with E-state index in [-0.39, 0.29) is 5.43 Å². The van der Waals surface area contributed by atoms with Crippen molar-refractivity contribution in [2.75, 3.05) is 6.26 Å². The van der Waals surface area contributed by atoms with Crippen molar-refractivity contribution in [3.8, 4) is 0 Å². The second kappa shape index (κ2) is 4.63. The van der Waals surface area contributed by atoms with Gasteiger partial charge in [-0.3, -0.25) is 4.79 Å². The van der Waals surface area contributed by atoms with Crippen LogP contribution in [0.4, 0.5) is 0 Å². The third kappa shape index (κ3) is 2.04. The molecular formula is C12H12BrNOS. The van der Waals surface area contributed by atoms with Crippen molar-refractivity contribution in [3.05, 3.63) is 44.7 Å². The highest BCUT2D eigenvalue weighted by Crippen LogP contribution is 2.18. The smallest absolute Gasteiger partial charge is 0.193 e. The third-order valence-corrected chi connectivity index (χ3v) is 3.62. The van der Waals surface area contributed by atoms with Crippen LogP contribution in [-0.4, -0.2) is 10.8 Å². The van der Waals surface area contributed by atoms with Gasteiger partial charge in [-0.1, -0.05) is 15.9 Å². The number of aryl methyl sites for hydroxylation is 1. The van der Waals surface area contributed by atoms with Gasteiger partial charge in [0.1, 0.15) is 0 Å². The van der Waals surface area contributed by atoms with Crippen molar-refractivity contribution in [3.63, 3.8) is 0 Å². The fourth-order valence-electron chi connectivity index (χ4n) is 1.78. The number of fused-ring (bicyclic) bond motifs is 1. The first-order valence-corrected chi connectivity index (χ1v) is 7.09. The molecular weight excluding hydrogens is 286 g/mol. The molecule has 0 bridgehead atoms. The Hall–Kier alpha value is -0.740. The average Bonchev–Trinajstić information content (AvgIpc) is 2.26. The van der Waals surface area contributed by atoms with Gasteiger partial charge in [-0.25, -0.2) is 0 Å². The van der Waals surface area contributed by atoms with Crippen molar-refractivity contribution in [1.82, 2.24) is 4.57 Å². The van der Waals surface area contributed by atoms with Crippen LogP contribution in [0, 0.1) is 0 Å². The second-order valence-corrected chi connectivity index (χ2v) is 5.47. The Morgan fingerprint density at radius 3 is 2.88 bits per heavy atom. The highest BCUT2D eigenvalue weighted by Gasteiger charge is 2.06. The number of nitrogens with zero attached hydrogens (tertiary/aromatic N) is 1. The van der Waals surface area contributed by atoms with Crippen molar-refractivity contribution < 1.29 is 0 Å². The van der Waals surface area contributed by atoms with Crippen LogP contribution in [0.1, 0.15) is 5.56 Å². The van der Waals surface area contributed by atoms with E-state index >= 15 is 0 Å². The molecule has 2 nitrogen and oxygen atoms in total. The lowest BCUT2D eigenvalue weighted by Gasteiger charge is -2.08. The molecule has 2 aromatic rings. The molecule has 0 spiro atoms. The summed E-state index contributed by atoms with van der Waals surface area (Å²) in [5, 5.41) is 0.789. The normalized spacial score (nSPS) is 10.9. The van der Waals surface area contributed by atoms with Crippen molar-refractivity contribution in [2.45, 2.75) is 5.75 Å². The zero-order chi connectivity index (χ0) is 11.7. The number of aromatic nitrogens is 1. The number of thioether (sulfide) groups is 1. The Bertz CT molecular complexity index is 591. The molecule has 4 heteroatoms. The SMILES string of the molecule is CSCc1cn(C)c2cc(Br)ccc2c1=O. The van der Waals surface area contributed by atoms with E-state index in [1.807, 2.05) is 42.3 Å². The molecule has 0 unspecified atom stereocenters. The number of rotatable bonds is 2. The minimum Gasteiger partial charge on any atom is -0.350 e. The van der Waals surface area contributed by atoms with Gasteiger partial charge in [-0.2, -0.15) is 11.8 Å². The molecule has 0 atom stereocenters. The molecule has 0 aliphatic rings. The van der Waals surface area contributed by atoms with Gasteiger partial charge in [0.05, 0.1) is 5.52 Å². The number of pyridine rings is 1. The van der Waals surface area contributed by atoms with E-state index in [4.69, 9.17) is 0 Å². The van der Waals surface area contributed by atoms with Gasteiger partial charge in [-0.15, -0.1) is 0 Å². The molecule has 0 radical (unpaired) electrons. The average molecular weight is 298 g/mol. The van der Waals surface area contributed by atoms with E-state index in [0.717, 1.165) is 26.7 Å². The van der Waals surface area contributed by atoms with E-state index in [9.17, 15) is 4.79 Å². The molecule has 1 aromatic heterocycles. The molecule has 0 aliphatic heterocycles. The van der Waals surface area contributed by atoms with Crippen LogP contribution in [-0.2, 0) is 12.8 Å². The maximum absolute atomic E-state index is 12.1. The van der Waals surface area contributed by atoms with Crippen molar-refractivity contribution in [2.24, 2.45) is 7.05 Å². The monoisotopic (exact) mass is 297 g/mol. The first-order chi connectivity index (χ1) is 7.63. The van der Waals surface area contributed by atoms with Gasteiger partial charge in [0.15, 0.2) is 5.43 Å². The predicted molar refractivity (Wildman–Crippen MR) is 74.1 cm³/mol. The summed E-state index contributed by atoms with van der Waals surface area (Å²) in [6.45, 7) is 0. The minimum absolute atomic E-state index is 0.148. The molecule has 0 fully saturated rings. The van der Waals surface area contributed by atoms with Gasteiger partial charge in [0.25, 0.3) is 0 Å². The Balaban J connectivity index is 2.79.